The van der Waals surface area contributed by atoms with E-state index in [9.17, 15) is 4.79 Å². The molecule has 2 rings (SSSR count). The maximum Gasteiger partial charge on any atom is 0.239 e. The molecule has 17 heavy (non-hydrogen) atoms. The number of rotatable bonds is 4. The lowest BCUT2D eigenvalue weighted by atomic mass is 10.2. The molecular formula is C13H25N3O. The molecule has 4 nitrogen and oxygen atoms in total. The first-order valence-electron chi connectivity index (χ1n) is 7.02. The fourth-order valence-electron chi connectivity index (χ4n) is 3.10. The normalized spacial score (nSPS) is 29.2. The predicted molar refractivity (Wildman–Crippen MR) is 68.9 cm³/mol. The van der Waals surface area contributed by atoms with E-state index in [1.54, 1.807) is 0 Å². The zero-order valence-electron chi connectivity index (χ0n) is 11.1. The summed E-state index contributed by atoms with van der Waals surface area (Å²) >= 11 is 0. The maximum atomic E-state index is 12.2. The zero-order chi connectivity index (χ0) is 12.3. The van der Waals surface area contributed by atoms with Gasteiger partial charge in [0.15, 0.2) is 0 Å². The van der Waals surface area contributed by atoms with Crippen LogP contribution in [0.3, 0.4) is 0 Å². The molecule has 2 atom stereocenters. The average molecular weight is 239 g/mol. The Bertz CT molecular complexity index is 259. The summed E-state index contributed by atoms with van der Waals surface area (Å²) in [6, 6.07) is 0.681. The second-order valence-electron chi connectivity index (χ2n) is 5.10. The molecule has 0 bridgehead atoms. The molecule has 0 aromatic rings. The van der Waals surface area contributed by atoms with Crippen molar-refractivity contribution in [1.82, 2.24) is 15.1 Å². The monoisotopic (exact) mass is 239 g/mol. The van der Waals surface area contributed by atoms with E-state index in [1.165, 1.54) is 0 Å². The van der Waals surface area contributed by atoms with E-state index in [4.69, 9.17) is 0 Å². The summed E-state index contributed by atoms with van der Waals surface area (Å²) in [4.78, 5) is 16.8. The van der Waals surface area contributed by atoms with Crippen LogP contribution in [-0.2, 0) is 4.79 Å². The number of carbonyl (C=O) groups is 1. The van der Waals surface area contributed by atoms with Crippen LogP contribution in [0, 0.1) is 0 Å². The molecule has 2 fully saturated rings. The summed E-state index contributed by atoms with van der Waals surface area (Å²) in [7, 11) is 0. The average Bonchev–Trinajstić information content (AvgIpc) is 3.01. The van der Waals surface area contributed by atoms with Crippen LogP contribution in [0.2, 0.25) is 0 Å². The Morgan fingerprint density at radius 1 is 1.35 bits per heavy atom. The number of amides is 1. The Morgan fingerprint density at radius 3 is 2.71 bits per heavy atom. The number of carbonyl (C=O) groups excluding carboxylic acids is 1. The lowest BCUT2D eigenvalue weighted by Gasteiger charge is -2.26. The number of nitrogens with one attached hydrogen (secondary N) is 1. The molecule has 2 aliphatic heterocycles. The van der Waals surface area contributed by atoms with Crippen LogP contribution >= 0.6 is 0 Å². The highest BCUT2D eigenvalue weighted by Gasteiger charge is 2.33. The Labute approximate surface area is 104 Å². The molecule has 0 aromatic heterocycles. The Balaban J connectivity index is 1.86. The first kappa shape index (κ1) is 12.8. The van der Waals surface area contributed by atoms with Gasteiger partial charge in [-0.25, -0.2) is 0 Å². The van der Waals surface area contributed by atoms with Gasteiger partial charge in [0.05, 0.1) is 6.04 Å². The molecule has 0 aromatic carbocycles. The van der Waals surface area contributed by atoms with Gasteiger partial charge in [-0.15, -0.1) is 0 Å². The van der Waals surface area contributed by atoms with E-state index < -0.39 is 0 Å². The molecule has 0 spiro atoms. The zero-order valence-corrected chi connectivity index (χ0v) is 11.1. The smallest absolute Gasteiger partial charge is 0.239 e. The molecule has 1 amide bonds. The lowest BCUT2D eigenvalue weighted by molar-refractivity contribution is -0.132. The van der Waals surface area contributed by atoms with Crippen LogP contribution in [0.1, 0.15) is 33.1 Å². The van der Waals surface area contributed by atoms with Crippen LogP contribution in [0.25, 0.3) is 0 Å². The van der Waals surface area contributed by atoms with Gasteiger partial charge >= 0.3 is 0 Å². The second kappa shape index (κ2) is 5.83. The number of hydrogen-bond donors (Lipinski definition) is 1. The summed E-state index contributed by atoms with van der Waals surface area (Å²) in [5, 5.41) is 3.30. The first-order valence-corrected chi connectivity index (χ1v) is 7.02. The van der Waals surface area contributed by atoms with Gasteiger partial charge < -0.3 is 10.2 Å². The standard InChI is InChI=1S/C13H25N3O/c1-3-15(4-2)11-7-9-16(10-11)13(17)12-6-5-8-14-12/h11-12,14H,3-10H2,1-2H3. The third-order valence-corrected chi connectivity index (χ3v) is 4.16. The van der Waals surface area contributed by atoms with Crippen molar-refractivity contribution < 1.29 is 4.79 Å². The Kier molecular flexibility index (Phi) is 4.40. The van der Waals surface area contributed by atoms with Gasteiger partial charge in [0.1, 0.15) is 0 Å². The number of likely N-dealkylation sites (tertiary alicyclic amines) is 1. The molecule has 1 N–H and O–H groups in total. The largest absolute Gasteiger partial charge is 0.340 e. The summed E-state index contributed by atoms with van der Waals surface area (Å²) in [5.41, 5.74) is 0. The summed E-state index contributed by atoms with van der Waals surface area (Å²) in [6.45, 7) is 9.45. The minimum absolute atomic E-state index is 0.102. The fourth-order valence-corrected chi connectivity index (χ4v) is 3.10. The van der Waals surface area contributed by atoms with E-state index in [0.29, 0.717) is 11.9 Å². The van der Waals surface area contributed by atoms with Gasteiger partial charge in [-0.3, -0.25) is 9.69 Å². The molecule has 0 saturated carbocycles. The van der Waals surface area contributed by atoms with Crippen molar-refractivity contribution >= 4 is 5.91 Å². The maximum absolute atomic E-state index is 12.2. The summed E-state index contributed by atoms with van der Waals surface area (Å²) < 4.78 is 0. The second-order valence-corrected chi connectivity index (χ2v) is 5.10. The van der Waals surface area contributed by atoms with Crippen LogP contribution in [-0.4, -0.2) is 60.5 Å². The molecule has 2 unspecified atom stereocenters. The van der Waals surface area contributed by atoms with Crippen molar-refractivity contribution in [1.29, 1.82) is 0 Å². The molecule has 2 saturated heterocycles. The highest BCUT2D eigenvalue weighted by molar-refractivity contribution is 5.82. The first-order chi connectivity index (χ1) is 8.26. The number of hydrogen-bond acceptors (Lipinski definition) is 3. The van der Waals surface area contributed by atoms with Crippen LogP contribution in [0.5, 0.6) is 0 Å². The third-order valence-electron chi connectivity index (χ3n) is 4.16. The lowest BCUT2D eigenvalue weighted by Crippen LogP contribution is -2.44. The molecule has 0 radical (unpaired) electrons. The van der Waals surface area contributed by atoms with Crippen molar-refractivity contribution in [2.75, 3.05) is 32.7 Å². The van der Waals surface area contributed by atoms with Gasteiger partial charge in [-0.05, 0) is 38.9 Å². The predicted octanol–water partition coefficient (Wildman–Crippen LogP) is 0.681. The van der Waals surface area contributed by atoms with E-state index >= 15 is 0 Å². The van der Waals surface area contributed by atoms with Gasteiger partial charge in [0.25, 0.3) is 0 Å². The minimum Gasteiger partial charge on any atom is -0.340 e. The summed E-state index contributed by atoms with van der Waals surface area (Å²) in [5.74, 6) is 0.331. The molecule has 2 heterocycles. The van der Waals surface area contributed by atoms with Gasteiger partial charge in [-0.1, -0.05) is 13.8 Å². The van der Waals surface area contributed by atoms with Crippen molar-refractivity contribution in [3.63, 3.8) is 0 Å². The van der Waals surface area contributed by atoms with Crippen LogP contribution in [0.4, 0.5) is 0 Å². The quantitative estimate of drug-likeness (QED) is 0.784. The molecular weight excluding hydrogens is 214 g/mol. The minimum atomic E-state index is 0.102. The molecule has 2 aliphatic rings. The SMILES string of the molecule is CCN(CC)C1CCN(C(=O)C2CCCN2)C1. The van der Waals surface area contributed by atoms with Crippen LogP contribution in [0.15, 0.2) is 0 Å². The topological polar surface area (TPSA) is 35.6 Å². The third kappa shape index (κ3) is 2.80. The van der Waals surface area contributed by atoms with E-state index in [-0.39, 0.29) is 6.04 Å². The molecule has 98 valence electrons. The van der Waals surface area contributed by atoms with Crippen molar-refractivity contribution in [2.45, 2.75) is 45.2 Å². The molecule has 0 aliphatic carbocycles. The Hall–Kier alpha value is -0.610. The van der Waals surface area contributed by atoms with E-state index in [2.05, 4.69) is 29.0 Å². The van der Waals surface area contributed by atoms with Crippen molar-refractivity contribution in [2.24, 2.45) is 0 Å². The Morgan fingerprint density at radius 2 is 2.12 bits per heavy atom. The van der Waals surface area contributed by atoms with Crippen molar-refractivity contribution in [3.8, 4) is 0 Å². The van der Waals surface area contributed by atoms with Gasteiger partial charge in [0, 0.05) is 19.1 Å². The highest BCUT2D eigenvalue weighted by Crippen LogP contribution is 2.18. The highest BCUT2D eigenvalue weighted by atomic mass is 16.2. The van der Waals surface area contributed by atoms with Crippen LogP contribution < -0.4 is 5.32 Å². The van der Waals surface area contributed by atoms with E-state index in [1.807, 2.05) is 0 Å². The number of nitrogens with zero attached hydrogens (tertiary/aromatic N) is 2. The molecule has 4 heteroatoms. The summed E-state index contributed by atoms with van der Waals surface area (Å²) in [6.07, 6.45) is 3.30. The van der Waals surface area contributed by atoms with Gasteiger partial charge in [-0.2, -0.15) is 0 Å². The van der Waals surface area contributed by atoms with E-state index in [0.717, 1.165) is 52.0 Å². The van der Waals surface area contributed by atoms with Gasteiger partial charge in [0.2, 0.25) is 5.91 Å². The fraction of sp³-hybridized carbons (Fsp3) is 0.923. The number of likely N-dealkylation sites (N-methyl/N-ethyl adjacent to an activating group) is 1. The van der Waals surface area contributed by atoms with Crippen molar-refractivity contribution in [3.05, 3.63) is 0 Å².